The van der Waals surface area contributed by atoms with Crippen molar-refractivity contribution in [3.8, 4) is 11.3 Å². The van der Waals surface area contributed by atoms with Crippen molar-refractivity contribution in [3.63, 3.8) is 0 Å². The molecule has 1 heterocycles. The second kappa shape index (κ2) is 6.03. The summed E-state index contributed by atoms with van der Waals surface area (Å²) in [6, 6.07) is 7.97. The van der Waals surface area contributed by atoms with Crippen molar-refractivity contribution in [2.45, 2.75) is 0 Å². The molecule has 2 rings (SSSR count). The number of pyridine rings is 1. The van der Waals surface area contributed by atoms with Crippen LogP contribution in [0.4, 0.5) is 14.5 Å². The molecule has 0 aliphatic heterocycles. The maximum absolute atomic E-state index is 13.5. The fourth-order valence-electron chi connectivity index (χ4n) is 1.44. The summed E-state index contributed by atoms with van der Waals surface area (Å²) >= 11 is 0. The average Bonchev–Trinajstić information content (AvgIpc) is 2.29. The molecule has 0 aliphatic carbocycles. The van der Waals surface area contributed by atoms with E-state index >= 15 is 0 Å². The molecule has 0 aliphatic rings. The van der Waals surface area contributed by atoms with Crippen molar-refractivity contribution in [1.29, 1.82) is 0 Å². The van der Waals surface area contributed by atoms with Gasteiger partial charge in [0.2, 0.25) is 0 Å². The van der Waals surface area contributed by atoms with Crippen LogP contribution in [0.1, 0.15) is 0 Å². The predicted molar refractivity (Wildman–Crippen MR) is 62.8 cm³/mol. The fraction of sp³-hybridized carbons (Fsp3) is 0.154. The molecule has 2 nitrogen and oxygen atoms in total. The maximum Gasteiger partial charge on any atom is 0.0530 e. The van der Waals surface area contributed by atoms with E-state index in [9.17, 15) is 8.78 Å². The number of hydrogen-bond acceptors (Lipinski definition) is 2. The molecular weight excluding hydrogens is 414 g/mol. The molecule has 1 radical (unpaired) electrons. The van der Waals surface area contributed by atoms with Gasteiger partial charge in [0, 0.05) is 52.0 Å². The van der Waals surface area contributed by atoms with Gasteiger partial charge in [-0.15, -0.1) is 12.1 Å². The summed E-state index contributed by atoms with van der Waals surface area (Å²) in [6.07, 6.45) is 1.63. The van der Waals surface area contributed by atoms with Crippen molar-refractivity contribution >= 4 is 5.69 Å². The summed E-state index contributed by atoms with van der Waals surface area (Å²) in [6.45, 7) is 0. The maximum atomic E-state index is 13.5. The summed E-state index contributed by atoms with van der Waals surface area (Å²) in [4.78, 5) is 6.02. The normalized spacial score (nSPS) is 9.78. The van der Waals surface area contributed by atoms with Crippen LogP contribution in [0.25, 0.3) is 11.3 Å². The third-order valence-corrected chi connectivity index (χ3v) is 2.38. The van der Waals surface area contributed by atoms with Crippen LogP contribution < -0.4 is 4.90 Å². The van der Waals surface area contributed by atoms with E-state index in [0.29, 0.717) is 5.69 Å². The third-order valence-electron chi connectivity index (χ3n) is 2.38. The first kappa shape index (κ1) is 14.7. The minimum Gasteiger partial charge on any atom is -0.376 e. The molecule has 18 heavy (non-hydrogen) atoms. The van der Waals surface area contributed by atoms with Gasteiger partial charge in [0.15, 0.2) is 0 Å². The molecule has 0 amide bonds. The SMILES string of the molecule is CN(C)c1ccc(-c2[c-]cc(F)cc2F)nc1.[Ir]. The van der Waals surface area contributed by atoms with Crippen LogP contribution in [-0.2, 0) is 20.1 Å². The smallest absolute Gasteiger partial charge is 0.0530 e. The van der Waals surface area contributed by atoms with Crippen LogP contribution in [0.15, 0.2) is 30.5 Å². The molecule has 0 spiro atoms. The molecule has 1 aromatic carbocycles. The Labute approximate surface area is 118 Å². The molecule has 0 unspecified atom stereocenters. The Bertz CT molecular complexity index is 527. The molecule has 1 aromatic heterocycles. The zero-order chi connectivity index (χ0) is 12.4. The summed E-state index contributed by atoms with van der Waals surface area (Å²) in [5, 5.41) is 0. The molecule has 0 fully saturated rings. The predicted octanol–water partition coefficient (Wildman–Crippen LogP) is 2.89. The molecule has 0 bridgehead atoms. The Morgan fingerprint density at radius 3 is 2.44 bits per heavy atom. The Balaban J connectivity index is 0.00000162. The Morgan fingerprint density at radius 1 is 1.22 bits per heavy atom. The van der Waals surface area contributed by atoms with Gasteiger partial charge in [-0.1, -0.05) is 17.7 Å². The van der Waals surface area contributed by atoms with Crippen LogP contribution in [0.3, 0.4) is 0 Å². The summed E-state index contributed by atoms with van der Waals surface area (Å²) in [7, 11) is 3.78. The quantitative estimate of drug-likeness (QED) is 0.688. The minimum absolute atomic E-state index is 0. The first-order valence-electron chi connectivity index (χ1n) is 5.08. The van der Waals surface area contributed by atoms with E-state index in [1.807, 2.05) is 25.1 Å². The van der Waals surface area contributed by atoms with Crippen LogP contribution >= 0.6 is 0 Å². The molecule has 97 valence electrons. The van der Waals surface area contributed by atoms with E-state index in [2.05, 4.69) is 11.1 Å². The van der Waals surface area contributed by atoms with Crippen molar-refractivity contribution in [2.24, 2.45) is 0 Å². The van der Waals surface area contributed by atoms with E-state index in [4.69, 9.17) is 0 Å². The zero-order valence-electron chi connectivity index (χ0n) is 9.87. The van der Waals surface area contributed by atoms with Crippen molar-refractivity contribution in [3.05, 3.63) is 48.2 Å². The average molecular weight is 425 g/mol. The van der Waals surface area contributed by atoms with Crippen LogP contribution in [0, 0.1) is 17.7 Å². The molecule has 0 atom stereocenters. The van der Waals surface area contributed by atoms with Crippen LogP contribution in [0.2, 0.25) is 0 Å². The van der Waals surface area contributed by atoms with E-state index in [1.54, 1.807) is 12.3 Å². The summed E-state index contributed by atoms with van der Waals surface area (Å²) < 4.78 is 26.2. The molecule has 5 heteroatoms. The number of aromatic nitrogens is 1. The molecular formula is C13H11F2IrN2-. The van der Waals surface area contributed by atoms with E-state index in [0.717, 1.165) is 17.8 Å². The van der Waals surface area contributed by atoms with Gasteiger partial charge < -0.3 is 9.88 Å². The van der Waals surface area contributed by atoms with E-state index in [-0.39, 0.29) is 25.7 Å². The van der Waals surface area contributed by atoms with Gasteiger partial charge in [0.1, 0.15) is 0 Å². The number of anilines is 1. The second-order valence-corrected chi connectivity index (χ2v) is 3.84. The van der Waals surface area contributed by atoms with Crippen molar-refractivity contribution < 1.29 is 28.9 Å². The Morgan fingerprint density at radius 2 is 1.94 bits per heavy atom. The number of nitrogens with zero attached hydrogens (tertiary/aromatic N) is 2. The summed E-state index contributed by atoms with van der Waals surface area (Å²) in [5.74, 6) is -1.30. The number of benzene rings is 1. The van der Waals surface area contributed by atoms with Gasteiger partial charge in [-0.2, -0.15) is 0 Å². The van der Waals surface area contributed by atoms with E-state index < -0.39 is 11.6 Å². The topological polar surface area (TPSA) is 16.1 Å². The van der Waals surface area contributed by atoms with Gasteiger partial charge in [-0.05, 0) is 11.8 Å². The monoisotopic (exact) mass is 426 g/mol. The van der Waals surface area contributed by atoms with E-state index in [1.165, 1.54) is 0 Å². The van der Waals surface area contributed by atoms with Gasteiger partial charge in [-0.25, -0.2) is 0 Å². The number of hydrogen-bond donors (Lipinski definition) is 0. The number of rotatable bonds is 2. The summed E-state index contributed by atoms with van der Waals surface area (Å²) in [5.41, 5.74) is 1.53. The largest absolute Gasteiger partial charge is 0.376 e. The van der Waals surface area contributed by atoms with Crippen LogP contribution in [0.5, 0.6) is 0 Å². The van der Waals surface area contributed by atoms with Crippen LogP contribution in [-0.4, -0.2) is 19.1 Å². The number of halogens is 2. The minimum atomic E-state index is -0.657. The van der Waals surface area contributed by atoms with Crippen molar-refractivity contribution in [1.82, 2.24) is 4.98 Å². The van der Waals surface area contributed by atoms with Gasteiger partial charge >= 0.3 is 0 Å². The fourth-order valence-corrected chi connectivity index (χ4v) is 1.44. The van der Waals surface area contributed by atoms with Gasteiger partial charge in [-0.3, -0.25) is 8.78 Å². The first-order valence-corrected chi connectivity index (χ1v) is 5.08. The first-order chi connectivity index (χ1) is 8.08. The molecule has 0 saturated carbocycles. The third kappa shape index (κ3) is 3.12. The molecule has 2 aromatic rings. The Kier molecular flexibility index (Phi) is 4.93. The molecule has 0 saturated heterocycles. The second-order valence-electron chi connectivity index (χ2n) is 3.84. The van der Waals surface area contributed by atoms with Gasteiger partial charge in [0.05, 0.1) is 5.69 Å². The van der Waals surface area contributed by atoms with Gasteiger partial charge in [0.25, 0.3) is 0 Å². The van der Waals surface area contributed by atoms with Crippen molar-refractivity contribution in [2.75, 3.05) is 19.0 Å². The zero-order valence-corrected chi connectivity index (χ0v) is 12.3. The standard InChI is InChI=1S/C13H11F2N2.Ir/c1-17(2)10-4-6-13(16-8-10)11-5-3-9(14)7-12(11)15;/h3-4,6-8H,1-2H3;/q-1;. The Hall–Kier alpha value is -1.32. The molecule has 0 N–H and O–H groups in total.